The summed E-state index contributed by atoms with van der Waals surface area (Å²) in [4.78, 5) is 17.8. The number of hydrogen-bond acceptors (Lipinski definition) is 3. The standard InChI is InChI=1S/C16H23N3O2/c1-11(2)18-9-5-4-6-15(18)19-14-10-12(21-3)7-8-13(14)17-16(19)20/h7-8,10-11,15H,4-6,9H2,1-3H3,(H,17,20). The van der Waals surface area contributed by atoms with E-state index in [-0.39, 0.29) is 11.9 Å². The van der Waals surface area contributed by atoms with Crippen molar-refractivity contribution in [1.82, 2.24) is 14.5 Å². The number of nitrogens with zero attached hydrogens (tertiary/aromatic N) is 2. The number of H-pyrrole nitrogens is 1. The molecule has 0 spiro atoms. The second-order valence-corrected chi connectivity index (χ2v) is 5.99. The first kappa shape index (κ1) is 14.2. The van der Waals surface area contributed by atoms with E-state index in [2.05, 4.69) is 23.7 Å². The number of methoxy groups -OCH3 is 1. The van der Waals surface area contributed by atoms with Gasteiger partial charge in [-0.3, -0.25) is 9.47 Å². The number of likely N-dealkylation sites (tertiary alicyclic amines) is 1. The van der Waals surface area contributed by atoms with E-state index in [1.54, 1.807) is 7.11 Å². The SMILES string of the molecule is COc1ccc2[nH]c(=O)n(C3CCCCN3C(C)C)c2c1. The van der Waals surface area contributed by atoms with Crippen LogP contribution in [0.15, 0.2) is 23.0 Å². The van der Waals surface area contributed by atoms with Gasteiger partial charge in [0.1, 0.15) is 5.75 Å². The van der Waals surface area contributed by atoms with Crippen LogP contribution < -0.4 is 10.4 Å². The molecule has 1 unspecified atom stereocenters. The lowest BCUT2D eigenvalue weighted by molar-refractivity contribution is 0.0649. The Bertz CT molecular complexity index is 686. The van der Waals surface area contributed by atoms with E-state index in [1.807, 2.05) is 22.8 Å². The summed E-state index contributed by atoms with van der Waals surface area (Å²) in [5, 5.41) is 0. The van der Waals surface area contributed by atoms with Crippen molar-refractivity contribution in [2.45, 2.75) is 45.3 Å². The first-order valence-electron chi connectivity index (χ1n) is 7.66. The van der Waals surface area contributed by atoms with Crippen LogP contribution >= 0.6 is 0 Å². The van der Waals surface area contributed by atoms with Crippen molar-refractivity contribution >= 4 is 11.0 Å². The van der Waals surface area contributed by atoms with Crippen molar-refractivity contribution in [1.29, 1.82) is 0 Å². The summed E-state index contributed by atoms with van der Waals surface area (Å²) in [6.45, 7) is 5.43. The van der Waals surface area contributed by atoms with Crippen LogP contribution in [0.2, 0.25) is 0 Å². The number of aromatic amines is 1. The summed E-state index contributed by atoms with van der Waals surface area (Å²) < 4.78 is 7.21. The second kappa shape index (κ2) is 5.56. The smallest absolute Gasteiger partial charge is 0.327 e. The number of hydrogen-bond donors (Lipinski definition) is 1. The first-order chi connectivity index (χ1) is 10.1. The van der Waals surface area contributed by atoms with E-state index < -0.39 is 0 Å². The molecule has 2 heterocycles. The van der Waals surface area contributed by atoms with Gasteiger partial charge < -0.3 is 9.72 Å². The molecule has 0 radical (unpaired) electrons. The van der Waals surface area contributed by atoms with Crippen molar-refractivity contribution in [3.8, 4) is 5.75 Å². The topological polar surface area (TPSA) is 50.3 Å². The molecule has 0 bridgehead atoms. The van der Waals surface area contributed by atoms with Gasteiger partial charge in [0.15, 0.2) is 0 Å². The number of piperidine rings is 1. The molecule has 1 saturated heterocycles. The highest BCUT2D eigenvalue weighted by atomic mass is 16.5. The highest BCUT2D eigenvalue weighted by molar-refractivity contribution is 5.77. The number of aromatic nitrogens is 2. The highest BCUT2D eigenvalue weighted by Crippen LogP contribution is 2.30. The Kier molecular flexibility index (Phi) is 3.76. The zero-order chi connectivity index (χ0) is 15.0. The zero-order valence-corrected chi connectivity index (χ0v) is 12.9. The Morgan fingerprint density at radius 1 is 1.33 bits per heavy atom. The monoisotopic (exact) mass is 289 g/mol. The molecule has 114 valence electrons. The minimum absolute atomic E-state index is 0.0317. The molecule has 1 atom stereocenters. The van der Waals surface area contributed by atoms with Gasteiger partial charge in [-0.1, -0.05) is 0 Å². The molecule has 1 aromatic carbocycles. The third-order valence-corrected chi connectivity index (χ3v) is 4.40. The van der Waals surface area contributed by atoms with Gasteiger partial charge in [0.25, 0.3) is 0 Å². The fourth-order valence-corrected chi connectivity index (χ4v) is 3.34. The lowest BCUT2D eigenvalue weighted by Gasteiger charge is -2.39. The Morgan fingerprint density at radius 2 is 2.14 bits per heavy atom. The molecule has 0 saturated carbocycles. The number of fused-ring (bicyclic) bond motifs is 1. The minimum Gasteiger partial charge on any atom is -0.497 e. The van der Waals surface area contributed by atoms with Gasteiger partial charge in [-0.15, -0.1) is 0 Å². The van der Waals surface area contributed by atoms with Gasteiger partial charge in [-0.2, -0.15) is 0 Å². The van der Waals surface area contributed by atoms with Crippen LogP contribution in [-0.4, -0.2) is 34.1 Å². The lowest BCUT2D eigenvalue weighted by atomic mass is 10.1. The summed E-state index contributed by atoms with van der Waals surface area (Å²) >= 11 is 0. The van der Waals surface area contributed by atoms with E-state index in [9.17, 15) is 4.79 Å². The van der Waals surface area contributed by atoms with Crippen LogP contribution in [0.25, 0.3) is 11.0 Å². The highest BCUT2D eigenvalue weighted by Gasteiger charge is 2.28. The molecule has 1 aliphatic rings. The average Bonchev–Trinajstić information content (AvgIpc) is 2.81. The normalized spacial score (nSPS) is 20.3. The Morgan fingerprint density at radius 3 is 2.86 bits per heavy atom. The van der Waals surface area contributed by atoms with Gasteiger partial charge in [-0.05, 0) is 45.2 Å². The quantitative estimate of drug-likeness (QED) is 0.945. The minimum atomic E-state index is -0.0317. The van der Waals surface area contributed by atoms with Crippen molar-refractivity contribution in [2.75, 3.05) is 13.7 Å². The van der Waals surface area contributed by atoms with E-state index in [1.165, 1.54) is 6.42 Å². The van der Waals surface area contributed by atoms with Gasteiger partial charge in [0.2, 0.25) is 0 Å². The molecule has 1 fully saturated rings. The Labute approximate surface area is 124 Å². The van der Waals surface area contributed by atoms with Crippen LogP contribution in [0.3, 0.4) is 0 Å². The number of benzene rings is 1. The number of rotatable bonds is 3. The van der Waals surface area contributed by atoms with E-state index in [0.717, 1.165) is 36.2 Å². The van der Waals surface area contributed by atoms with Crippen molar-refractivity contribution in [3.63, 3.8) is 0 Å². The molecule has 21 heavy (non-hydrogen) atoms. The molecule has 1 aliphatic heterocycles. The molecule has 5 nitrogen and oxygen atoms in total. The molecule has 5 heteroatoms. The fraction of sp³-hybridized carbons (Fsp3) is 0.562. The summed E-state index contributed by atoms with van der Waals surface area (Å²) in [6, 6.07) is 6.16. The first-order valence-corrected chi connectivity index (χ1v) is 7.66. The summed E-state index contributed by atoms with van der Waals surface area (Å²) in [5.74, 6) is 0.780. The maximum atomic E-state index is 12.4. The zero-order valence-electron chi connectivity index (χ0n) is 12.9. The van der Waals surface area contributed by atoms with Crippen LogP contribution in [-0.2, 0) is 0 Å². The van der Waals surface area contributed by atoms with Crippen molar-refractivity contribution < 1.29 is 4.74 Å². The van der Waals surface area contributed by atoms with Crippen LogP contribution in [0, 0.1) is 0 Å². The number of nitrogens with one attached hydrogen (secondary N) is 1. The predicted octanol–water partition coefficient (Wildman–Crippen LogP) is 2.73. The molecule has 1 aromatic heterocycles. The predicted molar refractivity (Wildman–Crippen MR) is 83.8 cm³/mol. The second-order valence-electron chi connectivity index (χ2n) is 5.99. The van der Waals surface area contributed by atoms with Crippen molar-refractivity contribution in [3.05, 3.63) is 28.7 Å². The summed E-state index contributed by atoms with van der Waals surface area (Å²) in [5.41, 5.74) is 1.77. The lowest BCUT2D eigenvalue weighted by Crippen LogP contribution is -2.43. The Hall–Kier alpha value is -1.75. The van der Waals surface area contributed by atoms with E-state index in [4.69, 9.17) is 4.74 Å². The van der Waals surface area contributed by atoms with Crippen LogP contribution in [0.4, 0.5) is 0 Å². The third-order valence-electron chi connectivity index (χ3n) is 4.40. The maximum absolute atomic E-state index is 12.4. The molecule has 2 aromatic rings. The summed E-state index contributed by atoms with van der Waals surface area (Å²) in [7, 11) is 1.65. The maximum Gasteiger partial charge on any atom is 0.327 e. The van der Waals surface area contributed by atoms with Crippen molar-refractivity contribution in [2.24, 2.45) is 0 Å². The van der Waals surface area contributed by atoms with Gasteiger partial charge in [0.05, 0.1) is 24.3 Å². The Balaban J connectivity index is 2.13. The van der Waals surface area contributed by atoms with E-state index >= 15 is 0 Å². The molecule has 1 N–H and O–H groups in total. The number of imidazole rings is 1. The average molecular weight is 289 g/mol. The van der Waals surface area contributed by atoms with Crippen LogP contribution in [0.1, 0.15) is 39.3 Å². The van der Waals surface area contributed by atoms with Gasteiger partial charge >= 0.3 is 5.69 Å². The molecular formula is C16H23N3O2. The molecule has 0 amide bonds. The fourth-order valence-electron chi connectivity index (χ4n) is 3.34. The molecule has 3 rings (SSSR count). The van der Waals surface area contributed by atoms with E-state index in [0.29, 0.717) is 6.04 Å². The summed E-state index contributed by atoms with van der Waals surface area (Å²) in [6.07, 6.45) is 3.51. The van der Waals surface area contributed by atoms with Gasteiger partial charge in [-0.25, -0.2) is 4.79 Å². The van der Waals surface area contributed by atoms with Gasteiger partial charge in [0, 0.05) is 18.7 Å². The largest absolute Gasteiger partial charge is 0.497 e. The molecule has 0 aliphatic carbocycles. The van der Waals surface area contributed by atoms with Crippen LogP contribution in [0.5, 0.6) is 5.75 Å². The third kappa shape index (κ3) is 2.46. The molecular weight excluding hydrogens is 266 g/mol. The number of ether oxygens (including phenoxy) is 1.